The first-order valence-electron chi connectivity index (χ1n) is 16.2. The zero-order valence-electron chi connectivity index (χ0n) is 26.3. The molecule has 3 aliphatic rings. The van der Waals surface area contributed by atoms with Gasteiger partial charge in [-0.05, 0) is 70.0 Å². The van der Waals surface area contributed by atoms with E-state index in [0.29, 0.717) is 11.2 Å². The Morgan fingerprint density at radius 2 is 1.70 bits per heavy atom. The summed E-state index contributed by atoms with van der Waals surface area (Å²) in [6.07, 6.45) is 12.1. The summed E-state index contributed by atoms with van der Waals surface area (Å²) in [5.41, 5.74) is 13.8. The van der Waals surface area contributed by atoms with Crippen molar-refractivity contribution in [3.8, 4) is 32.8 Å². The van der Waals surface area contributed by atoms with Crippen LogP contribution in [0.4, 0.5) is 5.69 Å². The van der Waals surface area contributed by atoms with Gasteiger partial charge in [-0.2, -0.15) is 0 Å². The standard InChI is InChI=1S/C42H33N3S2/c1-4-6-12-25-17-19-28(39-36-24(3)34(11-5-2)47-42(36)44-23-43-39)31(21-25)26-18-20-35-32(22-26)38-40-37(30-15-9-10-16-33(30)45-40)27-13-7-8-14-29(27)41(38)46-35/h4-24,34,37,40,45H,1H2,2-3H3/b11-5-,12-6-. The van der Waals surface area contributed by atoms with Crippen molar-refractivity contribution in [2.45, 2.75) is 42.0 Å². The topological polar surface area (TPSA) is 37.8 Å². The fourth-order valence-corrected chi connectivity index (χ4v) is 10.5. The Labute approximate surface area is 283 Å². The number of fused-ring (bicyclic) bond motifs is 11. The SMILES string of the molecule is C=C/C=C\c1ccc(-c2ncnc3c2C(C)C(/C=C\C)S3)c(-c2ccc3sc4c(c3c2)C2Nc3ccccc3C2c2ccccc2-4)c1. The second kappa shape index (κ2) is 11.2. The van der Waals surface area contributed by atoms with Gasteiger partial charge in [0.2, 0.25) is 0 Å². The number of benzene rings is 4. The number of anilines is 1. The summed E-state index contributed by atoms with van der Waals surface area (Å²) < 4.78 is 1.32. The van der Waals surface area contributed by atoms with Crippen molar-refractivity contribution in [1.82, 2.24) is 9.97 Å². The second-order valence-electron chi connectivity index (χ2n) is 12.6. The van der Waals surface area contributed by atoms with E-state index in [1.807, 2.05) is 35.3 Å². The Morgan fingerprint density at radius 3 is 2.57 bits per heavy atom. The average molecular weight is 644 g/mol. The molecule has 6 aromatic rings. The number of para-hydroxylation sites is 1. The summed E-state index contributed by atoms with van der Waals surface area (Å²) in [6.45, 7) is 8.30. The lowest BCUT2D eigenvalue weighted by molar-refractivity contribution is 0.712. The number of rotatable bonds is 5. The molecule has 0 radical (unpaired) electrons. The fourth-order valence-electron chi connectivity index (χ4n) is 7.86. The molecule has 2 aliphatic heterocycles. The molecule has 0 bridgehead atoms. The molecule has 2 aromatic heterocycles. The van der Waals surface area contributed by atoms with Crippen LogP contribution in [0.15, 0.2) is 127 Å². The first-order chi connectivity index (χ1) is 23.1. The normalized spacial score (nSPS) is 20.6. The predicted molar refractivity (Wildman–Crippen MR) is 200 cm³/mol. The van der Waals surface area contributed by atoms with Crippen LogP contribution < -0.4 is 5.32 Å². The van der Waals surface area contributed by atoms with Crippen LogP contribution in [0.3, 0.4) is 0 Å². The molecular formula is C42H33N3S2. The molecule has 47 heavy (non-hydrogen) atoms. The van der Waals surface area contributed by atoms with Crippen molar-refractivity contribution in [3.05, 3.63) is 150 Å². The molecule has 4 aromatic carbocycles. The zero-order valence-corrected chi connectivity index (χ0v) is 27.9. The highest BCUT2D eigenvalue weighted by Gasteiger charge is 2.42. The van der Waals surface area contributed by atoms with Crippen LogP contribution >= 0.6 is 23.1 Å². The number of hydrogen-bond donors (Lipinski definition) is 1. The van der Waals surface area contributed by atoms with Crippen molar-refractivity contribution >= 4 is 44.9 Å². The third kappa shape index (κ3) is 4.41. The molecule has 0 fully saturated rings. The lowest BCUT2D eigenvalue weighted by Gasteiger charge is -2.29. The van der Waals surface area contributed by atoms with Gasteiger partial charge < -0.3 is 5.32 Å². The number of allylic oxidation sites excluding steroid dienone is 3. The van der Waals surface area contributed by atoms with Crippen LogP contribution in [0.2, 0.25) is 0 Å². The van der Waals surface area contributed by atoms with Crippen LogP contribution in [0, 0.1) is 0 Å². The molecular weight excluding hydrogens is 611 g/mol. The van der Waals surface area contributed by atoms with Crippen LogP contribution in [-0.2, 0) is 0 Å². The number of nitrogens with one attached hydrogen (secondary N) is 1. The zero-order chi connectivity index (χ0) is 31.6. The summed E-state index contributed by atoms with van der Waals surface area (Å²) in [5.74, 6) is 0.598. The van der Waals surface area contributed by atoms with Gasteiger partial charge in [-0.3, -0.25) is 0 Å². The average Bonchev–Trinajstić information content (AvgIpc) is 3.78. The van der Waals surface area contributed by atoms with Gasteiger partial charge in [-0.15, -0.1) is 11.3 Å². The van der Waals surface area contributed by atoms with Crippen molar-refractivity contribution in [2.24, 2.45) is 0 Å². The van der Waals surface area contributed by atoms with Gasteiger partial charge in [0.15, 0.2) is 0 Å². The smallest absolute Gasteiger partial charge is 0.117 e. The van der Waals surface area contributed by atoms with Gasteiger partial charge >= 0.3 is 0 Å². The molecule has 9 rings (SSSR count). The largest absolute Gasteiger partial charge is 0.377 e. The summed E-state index contributed by atoms with van der Waals surface area (Å²) >= 11 is 3.76. The molecule has 3 nitrogen and oxygen atoms in total. The second-order valence-corrected chi connectivity index (χ2v) is 14.8. The van der Waals surface area contributed by atoms with Crippen LogP contribution in [-0.4, -0.2) is 15.2 Å². The number of aromatic nitrogens is 2. The molecule has 1 N–H and O–H groups in total. The molecule has 0 saturated carbocycles. The quantitative estimate of drug-likeness (QED) is 0.115. The molecule has 228 valence electrons. The van der Waals surface area contributed by atoms with Crippen LogP contribution in [0.1, 0.15) is 59.5 Å². The highest BCUT2D eigenvalue weighted by Crippen LogP contribution is 2.59. The third-order valence-corrected chi connectivity index (χ3v) is 12.6. The highest BCUT2D eigenvalue weighted by molar-refractivity contribution is 8.00. The Morgan fingerprint density at radius 1 is 0.851 bits per heavy atom. The molecule has 0 spiro atoms. The fraction of sp³-hybridized carbons (Fsp3) is 0.143. The van der Waals surface area contributed by atoms with E-state index in [2.05, 4.69) is 129 Å². The van der Waals surface area contributed by atoms with E-state index in [0.717, 1.165) is 21.8 Å². The molecule has 4 heterocycles. The summed E-state index contributed by atoms with van der Waals surface area (Å²) in [4.78, 5) is 11.1. The number of nitrogens with zero attached hydrogens (tertiary/aromatic N) is 2. The number of thiophene rings is 1. The van der Waals surface area contributed by atoms with Gasteiger partial charge in [0, 0.05) is 49.0 Å². The Hall–Kier alpha value is -4.71. The summed E-state index contributed by atoms with van der Waals surface area (Å²) in [6, 6.07) is 31.8. The van der Waals surface area contributed by atoms with E-state index in [4.69, 9.17) is 9.97 Å². The van der Waals surface area contributed by atoms with E-state index < -0.39 is 0 Å². The van der Waals surface area contributed by atoms with E-state index in [-0.39, 0.29) is 12.0 Å². The maximum atomic E-state index is 4.97. The van der Waals surface area contributed by atoms with E-state index in [9.17, 15) is 0 Å². The lowest BCUT2D eigenvalue weighted by Crippen LogP contribution is -2.17. The van der Waals surface area contributed by atoms with Gasteiger partial charge in [-0.1, -0.05) is 116 Å². The highest BCUT2D eigenvalue weighted by atomic mass is 32.2. The number of hydrogen-bond acceptors (Lipinski definition) is 5. The maximum absolute atomic E-state index is 4.97. The van der Waals surface area contributed by atoms with E-state index in [1.54, 1.807) is 6.33 Å². The van der Waals surface area contributed by atoms with Crippen molar-refractivity contribution in [1.29, 1.82) is 0 Å². The van der Waals surface area contributed by atoms with Crippen LogP contribution in [0.25, 0.3) is 49.0 Å². The minimum atomic E-state index is 0.189. The minimum absolute atomic E-state index is 0.189. The van der Waals surface area contributed by atoms with Gasteiger partial charge in [0.25, 0.3) is 0 Å². The van der Waals surface area contributed by atoms with E-state index in [1.165, 1.54) is 59.6 Å². The first-order valence-corrected chi connectivity index (χ1v) is 17.9. The molecule has 5 heteroatoms. The number of thioether (sulfide) groups is 1. The minimum Gasteiger partial charge on any atom is -0.377 e. The van der Waals surface area contributed by atoms with Crippen molar-refractivity contribution < 1.29 is 0 Å². The van der Waals surface area contributed by atoms with Crippen LogP contribution in [0.5, 0.6) is 0 Å². The summed E-state index contributed by atoms with van der Waals surface area (Å²) in [7, 11) is 0. The van der Waals surface area contributed by atoms with Crippen molar-refractivity contribution in [2.75, 3.05) is 5.32 Å². The Bertz CT molecular complexity index is 2290. The lowest BCUT2D eigenvalue weighted by atomic mass is 9.76. The predicted octanol–water partition coefficient (Wildman–Crippen LogP) is 11.7. The van der Waals surface area contributed by atoms with Gasteiger partial charge in [0.05, 0.1) is 11.7 Å². The van der Waals surface area contributed by atoms with Gasteiger partial charge in [0.1, 0.15) is 11.4 Å². The molecule has 0 saturated heterocycles. The Balaban J connectivity index is 1.25. The molecule has 4 atom stereocenters. The maximum Gasteiger partial charge on any atom is 0.117 e. The molecule has 1 aliphatic carbocycles. The monoisotopic (exact) mass is 643 g/mol. The van der Waals surface area contributed by atoms with Gasteiger partial charge in [-0.25, -0.2) is 9.97 Å². The third-order valence-electron chi connectivity index (χ3n) is 9.98. The molecule has 0 amide bonds. The first kappa shape index (κ1) is 28.5. The van der Waals surface area contributed by atoms with Crippen molar-refractivity contribution in [3.63, 3.8) is 0 Å². The molecule has 4 unspecified atom stereocenters. The summed E-state index contributed by atoms with van der Waals surface area (Å²) in [5, 5.41) is 6.73. The van der Waals surface area contributed by atoms with E-state index >= 15 is 0 Å². The Kier molecular flexibility index (Phi) is 6.81.